The van der Waals surface area contributed by atoms with Gasteiger partial charge in [0.1, 0.15) is 11.1 Å². The fourth-order valence-electron chi connectivity index (χ4n) is 3.64. The highest BCUT2D eigenvalue weighted by atomic mass is 32.1. The summed E-state index contributed by atoms with van der Waals surface area (Å²) in [5.74, 6) is -0.607. The number of amides is 2. The summed E-state index contributed by atoms with van der Waals surface area (Å²) in [5, 5.41) is 4.37. The van der Waals surface area contributed by atoms with Gasteiger partial charge in [-0.1, -0.05) is 53.8 Å². The van der Waals surface area contributed by atoms with Crippen LogP contribution in [0, 0.1) is 6.92 Å². The first-order valence-electron chi connectivity index (χ1n) is 9.15. The Bertz CT molecular complexity index is 1470. The standard InChI is InChI=1S/C21H15N5O3S/c1-11-6-2-3-7-12(11)18-23-21-26(24-18)20(29)17(30-21)16-13-8-4-5-9-14(13)25(19(16)28)10-15(22)27/h2-9H,10H2,1H3,(H2,22,27)/b17-16-. The fourth-order valence-corrected chi connectivity index (χ4v) is 4.63. The third-order valence-corrected chi connectivity index (χ3v) is 6.04. The van der Waals surface area contributed by atoms with Crippen molar-refractivity contribution in [1.29, 1.82) is 0 Å². The summed E-state index contributed by atoms with van der Waals surface area (Å²) in [7, 11) is 0. The van der Waals surface area contributed by atoms with E-state index in [1.807, 2.05) is 31.2 Å². The number of primary amides is 1. The molecule has 0 atom stereocenters. The number of hydrogen-bond donors (Lipinski definition) is 1. The minimum atomic E-state index is -0.632. The summed E-state index contributed by atoms with van der Waals surface area (Å²) >= 11 is 1.11. The Labute approximate surface area is 173 Å². The number of nitrogens with two attached hydrogens (primary N) is 1. The molecule has 9 heteroatoms. The Hall–Kier alpha value is -3.85. The van der Waals surface area contributed by atoms with Gasteiger partial charge in [-0.15, -0.1) is 5.10 Å². The maximum atomic E-state index is 13.1. The molecule has 0 bridgehead atoms. The zero-order valence-electron chi connectivity index (χ0n) is 15.8. The zero-order chi connectivity index (χ0) is 21.0. The molecule has 0 aliphatic carbocycles. The Morgan fingerprint density at radius 1 is 1.07 bits per heavy atom. The van der Waals surface area contributed by atoms with Crippen LogP contribution < -0.4 is 20.7 Å². The van der Waals surface area contributed by atoms with Crippen molar-refractivity contribution in [2.45, 2.75) is 6.92 Å². The molecule has 2 N–H and O–H groups in total. The summed E-state index contributed by atoms with van der Waals surface area (Å²) in [6.07, 6.45) is 0. The van der Waals surface area contributed by atoms with Crippen molar-refractivity contribution in [2.24, 2.45) is 5.73 Å². The Morgan fingerprint density at radius 3 is 2.47 bits per heavy atom. The number of anilines is 1. The van der Waals surface area contributed by atoms with Gasteiger partial charge in [0.2, 0.25) is 10.9 Å². The first-order valence-corrected chi connectivity index (χ1v) is 9.97. The van der Waals surface area contributed by atoms with Gasteiger partial charge in [-0.3, -0.25) is 19.3 Å². The molecule has 4 aromatic rings. The number of carbonyl (C=O) groups is 2. The van der Waals surface area contributed by atoms with Gasteiger partial charge < -0.3 is 5.73 Å². The van der Waals surface area contributed by atoms with Gasteiger partial charge in [0.05, 0.1) is 11.3 Å². The smallest absolute Gasteiger partial charge is 0.291 e. The molecule has 2 aromatic carbocycles. The van der Waals surface area contributed by atoms with E-state index >= 15 is 0 Å². The average Bonchev–Trinajstić information content (AvgIpc) is 3.34. The van der Waals surface area contributed by atoms with Gasteiger partial charge in [0.15, 0.2) is 5.82 Å². The van der Waals surface area contributed by atoms with E-state index in [1.165, 1.54) is 9.42 Å². The lowest BCUT2D eigenvalue weighted by atomic mass is 10.1. The molecule has 3 heterocycles. The summed E-state index contributed by atoms with van der Waals surface area (Å²) in [6, 6.07) is 14.7. The van der Waals surface area contributed by atoms with Gasteiger partial charge in [0.25, 0.3) is 11.5 Å². The number of hydrogen-bond acceptors (Lipinski definition) is 6. The van der Waals surface area contributed by atoms with Crippen LogP contribution in [-0.4, -0.2) is 33.0 Å². The lowest BCUT2D eigenvalue weighted by molar-refractivity contribution is -0.119. The normalized spacial score (nSPS) is 15.1. The van der Waals surface area contributed by atoms with Crippen molar-refractivity contribution in [1.82, 2.24) is 14.6 Å². The number of carbonyl (C=O) groups excluding carboxylic acids is 2. The van der Waals surface area contributed by atoms with E-state index in [0.29, 0.717) is 22.0 Å². The van der Waals surface area contributed by atoms with Crippen LogP contribution in [-0.2, 0) is 9.59 Å². The molecule has 148 valence electrons. The highest BCUT2D eigenvalue weighted by Crippen LogP contribution is 2.34. The van der Waals surface area contributed by atoms with Gasteiger partial charge in [0, 0.05) is 11.1 Å². The second-order valence-electron chi connectivity index (χ2n) is 6.93. The number of thiazole rings is 1. The molecule has 0 fully saturated rings. The van der Waals surface area contributed by atoms with E-state index in [2.05, 4.69) is 10.1 Å². The van der Waals surface area contributed by atoms with Crippen LogP contribution in [0.15, 0.2) is 53.3 Å². The molecule has 5 rings (SSSR count). The molecule has 1 aliphatic heterocycles. The summed E-state index contributed by atoms with van der Waals surface area (Å²) in [6.45, 7) is 1.69. The van der Waals surface area contributed by atoms with Gasteiger partial charge in [-0.05, 0) is 18.6 Å². The van der Waals surface area contributed by atoms with E-state index in [9.17, 15) is 14.4 Å². The molecule has 0 saturated heterocycles. The van der Waals surface area contributed by atoms with E-state index in [4.69, 9.17) is 5.73 Å². The number of rotatable bonds is 3. The number of fused-ring (bicyclic) bond motifs is 2. The third-order valence-electron chi connectivity index (χ3n) is 5.01. The van der Waals surface area contributed by atoms with Crippen LogP contribution in [0.5, 0.6) is 0 Å². The largest absolute Gasteiger partial charge is 0.368 e. The molecule has 1 aliphatic rings. The second-order valence-corrected chi connectivity index (χ2v) is 7.91. The number of benzene rings is 2. The summed E-state index contributed by atoms with van der Waals surface area (Å²) in [4.78, 5) is 43.9. The van der Waals surface area contributed by atoms with E-state index in [1.54, 1.807) is 24.3 Å². The Kier molecular flexibility index (Phi) is 4.00. The number of aryl methyl sites for hydroxylation is 1. The van der Waals surface area contributed by atoms with Crippen molar-refractivity contribution < 1.29 is 9.59 Å². The predicted octanol–water partition coefficient (Wildman–Crippen LogP) is 0.876. The topological polar surface area (TPSA) is 111 Å². The van der Waals surface area contributed by atoms with Crippen molar-refractivity contribution in [3.05, 3.63) is 74.5 Å². The number of nitrogens with zero attached hydrogens (tertiary/aromatic N) is 4. The molecule has 0 spiro atoms. The monoisotopic (exact) mass is 417 g/mol. The highest BCUT2D eigenvalue weighted by molar-refractivity contribution is 7.15. The zero-order valence-corrected chi connectivity index (χ0v) is 16.6. The van der Waals surface area contributed by atoms with Crippen LogP contribution in [0.1, 0.15) is 11.1 Å². The first-order chi connectivity index (χ1) is 14.5. The molecular formula is C21H15N5O3S. The van der Waals surface area contributed by atoms with Crippen molar-refractivity contribution in [3.8, 4) is 11.4 Å². The van der Waals surface area contributed by atoms with Crippen molar-refractivity contribution >= 4 is 39.4 Å². The number of para-hydroxylation sites is 1. The Morgan fingerprint density at radius 2 is 1.77 bits per heavy atom. The lowest BCUT2D eigenvalue weighted by Gasteiger charge is -2.14. The SMILES string of the molecule is Cc1ccccc1-c1nc2s/c(=C3\C(=O)N(CC(N)=O)c4ccccc43)c(=O)n2n1. The molecule has 0 unspecified atom stereocenters. The molecule has 0 radical (unpaired) electrons. The van der Waals surface area contributed by atoms with Crippen LogP contribution >= 0.6 is 11.3 Å². The highest BCUT2D eigenvalue weighted by Gasteiger charge is 2.35. The first kappa shape index (κ1) is 18.2. The summed E-state index contributed by atoms with van der Waals surface area (Å²) < 4.78 is 1.47. The minimum absolute atomic E-state index is 0.241. The van der Waals surface area contributed by atoms with Crippen molar-refractivity contribution in [3.63, 3.8) is 0 Å². The van der Waals surface area contributed by atoms with Crippen LogP contribution in [0.4, 0.5) is 5.69 Å². The van der Waals surface area contributed by atoms with Crippen LogP contribution in [0.3, 0.4) is 0 Å². The minimum Gasteiger partial charge on any atom is -0.368 e. The van der Waals surface area contributed by atoms with E-state index < -0.39 is 17.4 Å². The lowest BCUT2D eigenvalue weighted by Crippen LogP contribution is -2.37. The van der Waals surface area contributed by atoms with E-state index in [-0.39, 0.29) is 16.7 Å². The fraction of sp³-hybridized carbons (Fsp3) is 0.0952. The van der Waals surface area contributed by atoms with Crippen molar-refractivity contribution in [2.75, 3.05) is 11.4 Å². The quantitative estimate of drug-likeness (QED) is 0.532. The average molecular weight is 417 g/mol. The predicted molar refractivity (Wildman–Crippen MR) is 113 cm³/mol. The molecule has 2 aromatic heterocycles. The van der Waals surface area contributed by atoms with Gasteiger partial charge in [-0.2, -0.15) is 9.50 Å². The molecule has 30 heavy (non-hydrogen) atoms. The third kappa shape index (κ3) is 2.63. The molecular weight excluding hydrogens is 402 g/mol. The Balaban J connectivity index is 1.73. The van der Waals surface area contributed by atoms with Gasteiger partial charge >= 0.3 is 0 Å². The van der Waals surface area contributed by atoms with Crippen LogP contribution in [0.25, 0.3) is 21.9 Å². The second kappa shape index (κ2) is 6.60. The molecule has 0 saturated carbocycles. The number of aromatic nitrogens is 3. The maximum absolute atomic E-state index is 13.1. The molecule has 8 nitrogen and oxygen atoms in total. The van der Waals surface area contributed by atoms with Crippen LogP contribution in [0.2, 0.25) is 0 Å². The van der Waals surface area contributed by atoms with E-state index in [0.717, 1.165) is 22.5 Å². The summed E-state index contributed by atoms with van der Waals surface area (Å²) in [5.41, 5.74) is 8.12. The maximum Gasteiger partial charge on any atom is 0.291 e. The molecule has 2 amide bonds. The van der Waals surface area contributed by atoms with Gasteiger partial charge in [-0.25, -0.2) is 0 Å².